The van der Waals surface area contributed by atoms with Crippen LogP contribution in [0.1, 0.15) is 11.1 Å². The van der Waals surface area contributed by atoms with Crippen LogP contribution in [0, 0.1) is 13.8 Å². The highest BCUT2D eigenvalue weighted by molar-refractivity contribution is 6.13. The molecular weight excluding hydrogens is 328 g/mol. The van der Waals surface area contributed by atoms with E-state index in [4.69, 9.17) is 0 Å². The molecule has 0 aliphatic heterocycles. The molecule has 0 amide bonds. The first-order valence-electron chi connectivity index (χ1n) is 9.24. The second-order valence-electron chi connectivity index (χ2n) is 7.12. The molecule has 0 unspecified atom stereocenters. The summed E-state index contributed by atoms with van der Waals surface area (Å²) in [5.41, 5.74) is 8.32. The summed E-state index contributed by atoms with van der Waals surface area (Å²) in [5, 5.41) is 2.53. The highest BCUT2D eigenvalue weighted by atomic mass is 15.0. The zero-order valence-corrected chi connectivity index (χ0v) is 15.5. The van der Waals surface area contributed by atoms with Gasteiger partial charge in [-0.05, 0) is 55.3 Å². The van der Waals surface area contributed by atoms with Crippen LogP contribution in [-0.2, 0) is 0 Å². The minimum atomic E-state index is 0.997. The Morgan fingerprint density at radius 2 is 1.44 bits per heavy atom. The lowest BCUT2D eigenvalue weighted by atomic mass is 10.1. The molecule has 130 valence electrons. The summed E-state index contributed by atoms with van der Waals surface area (Å²) in [7, 11) is 0. The fourth-order valence-electron chi connectivity index (χ4n) is 4.10. The highest BCUT2D eigenvalue weighted by Gasteiger charge is 2.16. The van der Waals surface area contributed by atoms with Crippen LogP contribution in [-0.4, -0.2) is 9.55 Å². The second-order valence-corrected chi connectivity index (χ2v) is 7.12. The largest absolute Gasteiger partial charge is 0.309 e. The molecule has 5 aromatic rings. The van der Waals surface area contributed by atoms with Crippen molar-refractivity contribution in [3.8, 4) is 16.9 Å². The average molecular weight is 348 g/mol. The third-order valence-corrected chi connectivity index (χ3v) is 5.10. The van der Waals surface area contributed by atoms with Crippen molar-refractivity contribution in [1.29, 1.82) is 0 Å². The Bertz CT molecular complexity index is 1260. The van der Waals surface area contributed by atoms with Gasteiger partial charge in [0.2, 0.25) is 0 Å². The number of hydrogen-bond acceptors (Lipinski definition) is 1. The third-order valence-electron chi connectivity index (χ3n) is 5.10. The van der Waals surface area contributed by atoms with Crippen LogP contribution in [0.5, 0.6) is 0 Å². The number of pyridine rings is 1. The van der Waals surface area contributed by atoms with E-state index in [1.165, 1.54) is 38.6 Å². The summed E-state index contributed by atoms with van der Waals surface area (Å²) in [6, 6.07) is 28.0. The van der Waals surface area contributed by atoms with Crippen molar-refractivity contribution in [2.24, 2.45) is 0 Å². The van der Waals surface area contributed by atoms with Crippen LogP contribution in [0.2, 0.25) is 0 Å². The van der Waals surface area contributed by atoms with E-state index in [-0.39, 0.29) is 0 Å². The highest BCUT2D eigenvalue weighted by Crippen LogP contribution is 2.37. The van der Waals surface area contributed by atoms with Crippen molar-refractivity contribution in [2.45, 2.75) is 13.8 Å². The van der Waals surface area contributed by atoms with E-state index in [1.54, 1.807) is 0 Å². The predicted octanol–water partition coefficient (Wildman–Crippen LogP) is 6.46. The van der Waals surface area contributed by atoms with Crippen LogP contribution in [0.3, 0.4) is 0 Å². The summed E-state index contributed by atoms with van der Waals surface area (Å²) in [4.78, 5) is 4.63. The van der Waals surface area contributed by atoms with Gasteiger partial charge in [-0.2, -0.15) is 0 Å². The molecule has 0 fully saturated rings. The molecule has 2 heterocycles. The van der Waals surface area contributed by atoms with E-state index < -0.39 is 0 Å². The summed E-state index contributed by atoms with van der Waals surface area (Å²) in [6.07, 6.45) is 1.86. The van der Waals surface area contributed by atoms with E-state index in [9.17, 15) is 0 Å². The lowest BCUT2D eigenvalue weighted by Crippen LogP contribution is -1.97. The predicted molar refractivity (Wildman–Crippen MR) is 113 cm³/mol. The fraction of sp³-hybridized carbons (Fsp3) is 0.0800. The van der Waals surface area contributed by atoms with Gasteiger partial charge in [-0.25, -0.2) is 0 Å². The lowest BCUT2D eigenvalue weighted by Gasteiger charge is -2.13. The monoisotopic (exact) mass is 348 g/mol. The maximum atomic E-state index is 4.63. The smallest absolute Gasteiger partial charge is 0.0723 e. The number of rotatable bonds is 2. The summed E-state index contributed by atoms with van der Waals surface area (Å²) < 4.78 is 2.38. The van der Waals surface area contributed by atoms with E-state index in [0.29, 0.717) is 0 Å². The van der Waals surface area contributed by atoms with Gasteiger partial charge < -0.3 is 4.57 Å². The quantitative estimate of drug-likeness (QED) is 0.358. The Balaban J connectivity index is 1.98. The van der Waals surface area contributed by atoms with Gasteiger partial charge in [0.25, 0.3) is 0 Å². The SMILES string of the molecule is Cc1cc(C)cc(-n2c3ccccc3c3cccc(-c4ccccn4)c32)c1. The van der Waals surface area contributed by atoms with Crippen molar-refractivity contribution < 1.29 is 0 Å². The maximum Gasteiger partial charge on any atom is 0.0723 e. The molecule has 0 N–H and O–H groups in total. The molecule has 0 radical (unpaired) electrons. The Morgan fingerprint density at radius 1 is 0.704 bits per heavy atom. The number of hydrogen-bond donors (Lipinski definition) is 0. The van der Waals surface area contributed by atoms with Gasteiger partial charge in [0, 0.05) is 28.2 Å². The molecule has 3 aromatic carbocycles. The van der Waals surface area contributed by atoms with Crippen LogP contribution >= 0.6 is 0 Å². The van der Waals surface area contributed by atoms with Crippen LogP contribution in [0.4, 0.5) is 0 Å². The summed E-state index contributed by atoms with van der Waals surface area (Å²) >= 11 is 0. The maximum absolute atomic E-state index is 4.63. The standard InChI is InChI=1S/C25H20N2/c1-17-14-18(2)16-19(15-17)27-24-12-4-3-8-20(24)21-9-7-10-22(25(21)27)23-11-5-6-13-26-23/h3-16H,1-2H3. The average Bonchev–Trinajstić information content (AvgIpc) is 3.02. The van der Waals surface area contributed by atoms with Gasteiger partial charge in [-0.3, -0.25) is 4.98 Å². The number of nitrogens with zero attached hydrogens (tertiary/aromatic N) is 2. The molecule has 0 saturated heterocycles. The van der Waals surface area contributed by atoms with Gasteiger partial charge in [-0.1, -0.05) is 48.5 Å². The third kappa shape index (κ3) is 2.53. The Labute approximate surface area is 158 Å². The Morgan fingerprint density at radius 3 is 2.22 bits per heavy atom. The van der Waals surface area contributed by atoms with Crippen molar-refractivity contribution in [2.75, 3.05) is 0 Å². The molecule has 2 aromatic heterocycles. The molecule has 0 spiro atoms. The number of aromatic nitrogens is 2. The molecule has 0 aliphatic carbocycles. The molecule has 0 aliphatic rings. The van der Waals surface area contributed by atoms with Crippen molar-refractivity contribution in [1.82, 2.24) is 9.55 Å². The topological polar surface area (TPSA) is 17.8 Å². The van der Waals surface area contributed by atoms with Crippen LogP contribution in [0.15, 0.2) is 85.1 Å². The zero-order valence-electron chi connectivity index (χ0n) is 15.5. The van der Waals surface area contributed by atoms with Crippen molar-refractivity contribution >= 4 is 21.8 Å². The van der Waals surface area contributed by atoms with E-state index in [0.717, 1.165) is 11.3 Å². The van der Waals surface area contributed by atoms with Gasteiger partial charge in [0.15, 0.2) is 0 Å². The zero-order chi connectivity index (χ0) is 18.4. The van der Waals surface area contributed by atoms with Gasteiger partial charge >= 0.3 is 0 Å². The summed E-state index contributed by atoms with van der Waals surface area (Å²) in [6.45, 7) is 4.31. The van der Waals surface area contributed by atoms with Gasteiger partial charge in [0.1, 0.15) is 0 Å². The first kappa shape index (κ1) is 15.8. The number of fused-ring (bicyclic) bond motifs is 3. The number of benzene rings is 3. The first-order valence-corrected chi connectivity index (χ1v) is 9.24. The first-order chi connectivity index (χ1) is 13.2. The molecule has 2 heteroatoms. The van der Waals surface area contributed by atoms with Crippen LogP contribution in [0.25, 0.3) is 38.8 Å². The van der Waals surface area contributed by atoms with E-state index >= 15 is 0 Å². The van der Waals surface area contributed by atoms with E-state index in [1.807, 2.05) is 18.3 Å². The minimum Gasteiger partial charge on any atom is -0.309 e. The van der Waals surface area contributed by atoms with Gasteiger partial charge in [-0.15, -0.1) is 0 Å². The second kappa shape index (κ2) is 6.10. The normalized spacial score (nSPS) is 11.3. The van der Waals surface area contributed by atoms with Crippen molar-refractivity contribution in [3.05, 3.63) is 96.2 Å². The molecule has 5 rings (SSSR count). The number of para-hydroxylation sites is 2. The Hall–Kier alpha value is -3.39. The molecule has 2 nitrogen and oxygen atoms in total. The molecule has 0 atom stereocenters. The van der Waals surface area contributed by atoms with Gasteiger partial charge in [0.05, 0.1) is 16.7 Å². The summed E-state index contributed by atoms with van der Waals surface area (Å²) in [5.74, 6) is 0. The molecule has 0 saturated carbocycles. The Kier molecular flexibility index (Phi) is 3.58. The lowest BCUT2D eigenvalue weighted by molar-refractivity contribution is 1.16. The minimum absolute atomic E-state index is 0.997. The molecule has 27 heavy (non-hydrogen) atoms. The molecule has 0 bridgehead atoms. The van der Waals surface area contributed by atoms with E-state index in [2.05, 4.69) is 90.1 Å². The number of aryl methyl sites for hydroxylation is 2. The van der Waals surface area contributed by atoms with Crippen LogP contribution < -0.4 is 0 Å². The molecular formula is C25H20N2. The van der Waals surface area contributed by atoms with Crippen molar-refractivity contribution in [3.63, 3.8) is 0 Å². The fourth-order valence-corrected chi connectivity index (χ4v) is 4.10.